The summed E-state index contributed by atoms with van der Waals surface area (Å²) in [6.45, 7) is 7.46. The third kappa shape index (κ3) is 6.77. The number of hydrogen-bond donors (Lipinski definition) is 2. The highest BCUT2D eigenvalue weighted by Crippen LogP contribution is 2.26. The molecule has 1 aromatic rings. The Balaban J connectivity index is 0.00000288. The highest BCUT2D eigenvalue weighted by Gasteiger charge is 2.32. The Morgan fingerprint density at radius 1 is 1.44 bits per heavy atom. The number of imidazole rings is 1. The second-order valence-corrected chi connectivity index (χ2v) is 6.65. The molecule has 25 heavy (non-hydrogen) atoms. The van der Waals surface area contributed by atoms with E-state index >= 15 is 0 Å². The van der Waals surface area contributed by atoms with Crippen LogP contribution in [-0.4, -0.2) is 34.2 Å². The number of hydrogen-bond acceptors (Lipinski definition) is 4. The summed E-state index contributed by atoms with van der Waals surface area (Å²) in [6.07, 6.45) is 7.07. The number of ether oxygens (including phenoxy) is 1. The van der Waals surface area contributed by atoms with Gasteiger partial charge in [-0.2, -0.15) is 0 Å². The van der Waals surface area contributed by atoms with Gasteiger partial charge in [0.05, 0.1) is 12.6 Å². The molecular weight excluding hydrogens is 363 g/mol. The standard InChI is InChI=1S/C17H30N4O2.2ClH/c1-4-9-23-15-10-13(5-6-14(15)18)17(22)20-11-16-19-7-8-21(16)12(2)3;;/h7-8,12-15H,4-6,9-11,18H2,1-3H3,(H,20,22);2*1H/t13-,14+,15+;;/m0../s1. The van der Waals surface area contributed by atoms with Gasteiger partial charge in [0, 0.05) is 37.0 Å². The summed E-state index contributed by atoms with van der Waals surface area (Å²) in [5.41, 5.74) is 6.12. The van der Waals surface area contributed by atoms with Crippen molar-refractivity contribution in [2.75, 3.05) is 6.61 Å². The molecular formula is C17H32Cl2N4O2. The second-order valence-electron chi connectivity index (χ2n) is 6.65. The van der Waals surface area contributed by atoms with Crippen LogP contribution in [0, 0.1) is 5.92 Å². The van der Waals surface area contributed by atoms with Crippen molar-refractivity contribution in [2.24, 2.45) is 11.7 Å². The molecule has 0 spiro atoms. The van der Waals surface area contributed by atoms with E-state index in [9.17, 15) is 4.79 Å². The van der Waals surface area contributed by atoms with Crippen LogP contribution in [0.2, 0.25) is 0 Å². The maximum atomic E-state index is 12.5. The first-order valence-electron chi connectivity index (χ1n) is 8.69. The first kappa shape index (κ1) is 24.2. The number of rotatable bonds is 7. The fraction of sp³-hybridized carbons (Fsp3) is 0.765. The summed E-state index contributed by atoms with van der Waals surface area (Å²) >= 11 is 0. The quantitative estimate of drug-likeness (QED) is 0.744. The van der Waals surface area contributed by atoms with E-state index in [4.69, 9.17) is 10.5 Å². The van der Waals surface area contributed by atoms with Gasteiger partial charge in [0.25, 0.3) is 0 Å². The molecule has 0 aliphatic heterocycles. The molecule has 3 N–H and O–H groups in total. The Morgan fingerprint density at radius 2 is 2.16 bits per heavy atom. The average Bonchev–Trinajstić information content (AvgIpc) is 3.00. The van der Waals surface area contributed by atoms with E-state index in [1.807, 2.05) is 6.20 Å². The molecule has 3 atom stereocenters. The number of nitrogens with zero attached hydrogens (tertiary/aromatic N) is 2. The van der Waals surface area contributed by atoms with Crippen LogP contribution >= 0.6 is 24.8 Å². The predicted octanol–water partition coefficient (Wildman–Crippen LogP) is 2.85. The lowest BCUT2D eigenvalue weighted by molar-refractivity contribution is -0.128. The van der Waals surface area contributed by atoms with Gasteiger partial charge in [0.1, 0.15) is 5.82 Å². The molecule has 1 aliphatic carbocycles. The lowest BCUT2D eigenvalue weighted by Gasteiger charge is -2.33. The molecule has 6 nitrogen and oxygen atoms in total. The number of nitrogens with one attached hydrogen (secondary N) is 1. The average molecular weight is 395 g/mol. The Hall–Kier alpha value is -0.820. The van der Waals surface area contributed by atoms with Crippen LogP contribution in [0.25, 0.3) is 0 Å². The van der Waals surface area contributed by atoms with E-state index in [2.05, 4.69) is 35.6 Å². The summed E-state index contributed by atoms with van der Waals surface area (Å²) < 4.78 is 7.88. The number of nitrogens with two attached hydrogens (primary N) is 1. The summed E-state index contributed by atoms with van der Waals surface area (Å²) in [5.74, 6) is 0.957. The Bertz CT molecular complexity index is 511. The predicted molar refractivity (Wildman–Crippen MR) is 104 cm³/mol. The van der Waals surface area contributed by atoms with Gasteiger partial charge in [-0.15, -0.1) is 24.8 Å². The van der Waals surface area contributed by atoms with Crippen LogP contribution in [0.3, 0.4) is 0 Å². The minimum absolute atomic E-state index is 0. The third-order valence-electron chi connectivity index (χ3n) is 4.48. The zero-order valence-electron chi connectivity index (χ0n) is 15.3. The normalized spacial score (nSPS) is 22.8. The number of carbonyl (C=O) groups excluding carboxylic acids is 1. The van der Waals surface area contributed by atoms with Crippen LogP contribution in [0.15, 0.2) is 12.4 Å². The van der Waals surface area contributed by atoms with Crippen molar-refractivity contribution in [3.63, 3.8) is 0 Å². The number of aromatic nitrogens is 2. The molecule has 1 heterocycles. The summed E-state index contributed by atoms with van der Waals surface area (Å²) in [7, 11) is 0. The molecule has 0 bridgehead atoms. The molecule has 0 saturated heterocycles. The topological polar surface area (TPSA) is 82.2 Å². The smallest absolute Gasteiger partial charge is 0.223 e. The molecule has 146 valence electrons. The van der Waals surface area contributed by atoms with E-state index in [1.165, 1.54) is 0 Å². The van der Waals surface area contributed by atoms with Gasteiger partial charge >= 0.3 is 0 Å². The molecule has 0 aromatic carbocycles. The van der Waals surface area contributed by atoms with Gasteiger partial charge in [-0.3, -0.25) is 4.79 Å². The van der Waals surface area contributed by atoms with Gasteiger partial charge in [-0.1, -0.05) is 6.92 Å². The number of halogens is 2. The van der Waals surface area contributed by atoms with Crippen LogP contribution in [0.5, 0.6) is 0 Å². The fourth-order valence-corrected chi connectivity index (χ4v) is 3.11. The first-order chi connectivity index (χ1) is 11.0. The molecule has 1 aliphatic rings. The lowest BCUT2D eigenvalue weighted by Crippen LogP contribution is -2.45. The Kier molecular flexibility index (Phi) is 11.3. The van der Waals surface area contributed by atoms with Gasteiger partial charge in [0.15, 0.2) is 0 Å². The molecule has 8 heteroatoms. The molecule has 1 aromatic heterocycles. The second kappa shape index (κ2) is 11.7. The Morgan fingerprint density at radius 3 is 2.80 bits per heavy atom. The maximum Gasteiger partial charge on any atom is 0.223 e. The van der Waals surface area contributed by atoms with E-state index in [0.29, 0.717) is 25.6 Å². The van der Waals surface area contributed by atoms with Crippen LogP contribution in [-0.2, 0) is 16.1 Å². The van der Waals surface area contributed by atoms with E-state index in [1.54, 1.807) is 6.20 Å². The van der Waals surface area contributed by atoms with Crippen molar-refractivity contribution >= 4 is 30.7 Å². The summed E-state index contributed by atoms with van der Waals surface area (Å²) in [4.78, 5) is 16.8. The van der Waals surface area contributed by atoms with Crippen molar-refractivity contribution in [2.45, 2.75) is 71.2 Å². The van der Waals surface area contributed by atoms with Crippen LogP contribution in [0.1, 0.15) is 58.3 Å². The molecule has 1 saturated carbocycles. The number of carbonyl (C=O) groups is 1. The summed E-state index contributed by atoms with van der Waals surface area (Å²) in [5, 5.41) is 3.02. The zero-order chi connectivity index (χ0) is 16.8. The number of amides is 1. The van der Waals surface area contributed by atoms with E-state index < -0.39 is 0 Å². The zero-order valence-corrected chi connectivity index (χ0v) is 16.9. The monoisotopic (exact) mass is 394 g/mol. The van der Waals surface area contributed by atoms with Crippen molar-refractivity contribution < 1.29 is 9.53 Å². The Labute approximate surface area is 163 Å². The maximum absolute atomic E-state index is 12.5. The first-order valence-corrected chi connectivity index (χ1v) is 8.69. The SMILES string of the molecule is CCCO[C@@H]1C[C@@H](C(=O)NCc2nccn2C(C)C)CC[C@H]1N.Cl.Cl. The van der Waals surface area contributed by atoms with Crippen molar-refractivity contribution in [3.8, 4) is 0 Å². The van der Waals surface area contributed by atoms with E-state index in [0.717, 1.165) is 25.1 Å². The third-order valence-corrected chi connectivity index (χ3v) is 4.48. The molecule has 1 amide bonds. The molecule has 1 fully saturated rings. The molecule has 2 rings (SSSR count). The largest absolute Gasteiger partial charge is 0.377 e. The van der Waals surface area contributed by atoms with Gasteiger partial charge < -0.3 is 20.4 Å². The summed E-state index contributed by atoms with van der Waals surface area (Å²) in [6, 6.07) is 0.384. The molecule has 0 unspecified atom stereocenters. The fourth-order valence-electron chi connectivity index (χ4n) is 3.11. The van der Waals surface area contributed by atoms with Crippen molar-refractivity contribution in [1.29, 1.82) is 0 Å². The minimum Gasteiger partial charge on any atom is -0.377 e. The van der Waals surface area contributed by atoms with Gasteiger partial charge in [-0.25, -0.2) is 4.98 Å². The van der Waals surface area contributed by atoms with Gasteiger partial charge in [-0.05, 0) is 39.5 Å². The highest BCUT2D eigenvalue weighted by molar-refractivity contribution is 5.85. The van der Waals surface area contributed by atoms with Gasteiger partial charge in [0.2, 0.25) is 5.91 Å². The van der Waals surface area contributed by atoms with Crippen molar-refractivity contribution in [1.82, 2.24) is 14.9 Å². The minimum atomic E-state index is -0.0147. The van der Waals surface area contributed by atoms with Crippen LogP contribution in [0.4, 0.5) is 0 Å². The van der Waals surface area contributed by atoms with E-state index in [-0.39, 0.29) is 48.8 Å². The molecule has 0 radical (unpaired) electrons. The highest BCUT2D eigenvalue weighted by atomic mass is 35.5. The van der Waals surface area contributed by atoms with Crippen molar-refractivity contribution in [3.05, 3.63) is 18.2 Å². The lowest BCUT2D eigenvalue weighted by atomic mass is 9.83. The van der Waals surface area contributed by atoms with Crippen LogP contribution < -0.4 is 11.1 Å².